The molecular weight excluding hydrogens is 220 g/mol. The van der Waals surface area contributed by atoms with Crippen molar-refractivity contribution in [1.82, 2.24) is 9.97 Å². The number of carbonyl (C=O) groups is 1. The first-order valence-corrected chi connectivity index (χ1v) is 4.89. The summed E-state index contributed by atoms with van der Waals surface area (Å²) in [6, 6.07) is 0.149. The average molecular weight is 231 g/mol. The minimum atomic E-state index is -0.537. The molecule has 0 aliphatic carbocycles. The Bertz CT molecular complexity index is 357. The molecule has 0 saturated carbocycles. The van der Waals surface area contributed by atoms with Crippen LogP contribution in [0.25, 0.3) is 0 Å². The number of nitrogens with zero attached hydrogens (tertiary/aromatic N) is 2. The van der Waals surface area contributed by atoms with Crippen LogP contribution in [-0.4, -0.2) is 29.2 Å². The van der Waals surface area contributed by atoms with Crippen LogP contribution in [0.4, 0.5) is 0 Å². The minimum Gasteiger partial charge on any atom is -0.464 e. The van der Waals surface area contributed by atoms with Gasteiger partial charge in [0.25, 0.3) is 0 Å². The fourth-order valence-corrected chi connectivity index (χ4v) is 1.09. The number of esters is 1. The lowest BCUT2D eigenvalue weighted by Gasteiger charge is -2.04. The highest BCUT2D eigenvalue weighted by Gasteiger charge is 2.14. The first kappa shape index (κ1) is 11.7. The van der Waals surface area contributed by atoms with E-state index in [1.165, 1.54) is 6.20 Å². The second-order valence-electron chi connectivity index (χ2n) is 2.51. The number of hydrogen-bond donors (Lipinski definition) is 0. The van der Waals surface area contributed by atoms with Crippen molar-refractivity contribution < 1.29 is 14.3 Å². The predicted molar refractivity (Wildman–Crippen MR) is 54.2 cm³/mol. The van der Waals surface area contributed by atoms with Gasteiger partial charge in [-0.3, -0.25) is 0 Å². The van der Waals surface area contributed by atoms with Crippen molar-refractivity contribution in [1.29, 1.82) is 0 Å². The van der Waals surface area contributed by atoms with Gasteiger partial charge in [0.15, 0.2) is 5.15 Å². The van der Waals surface area contributed by atoms with Gasteiger partial charge < -0.3 is 9.47 Å². The molecule has 0 aliphatic rings. The molecule has 15 heavy (non-hydrogen) atoms. The quantitative estimate of drug-likeness (QED) is 0.582. The second kappa shape index (κ2) is 5.50. The van der Waals surface area contributed by atoms with Gasteiger partial charge in [-0.15, -0.1) is 0 Å². The number of aromatic nitrogens is 2. The summed E-state index contributed by atoms with van der Waals surface area (Å²) < 4.78 is 9.79. The highest BCUT2D eigenvalue weighted by molar-refractivity contribution is 6.32. The smallest absolute Gasteiger partial charge is 0.342 e. The van der Waals surface area contributed by atoms with Gasteiger partial charge in [0.1, 0.15) is 5.56 Å². The normalized spacial score (nSPS) is 9.80. The molecule has 5 nitrogen and oxygen atoms in total. The molecule has 0 radical (unpaired) electrons. The lowest BCUT2D eigenvalue weighted by molar-refractivity contribution is 0.0525. The highest BCUT2D eigenvalue weighted by Crippen LogP contribution is 2.16. The molecular formula is C9H11ClN2O3. The maximum Gasteiger partial charge on any atom is 0.342 e. The fraction of sp³-hybridized carbons (Fsp3) is 0.444. The van der Waals surface area contributed by atoms with Gasteiger partial charge in [0, 0.05) is 0 Å². The van der Waals surface area contributed by atoms with Crippen LogP contribution >= 0.6 is 11.6 Å². The Morgan fingerprint density at radius 2 is 2.20 bits per heavy atom. The first-order valence-electron chi connectivity index (χ1n) is 4.51. The van der Waals surface area contributed by atoms with E-state index in [0.717, 1.165) is 0 Å². The van der Waals surface area contributed by atoms with Gasteiger partial charge in [-0.2, -0.15) is 4.98 Å². The third kappa shape index (κ3) is 3.06. The Morgan fingerprint density at radius 1 is 1.47 bits per heavy atom. The second-order valence-corrected chi connectivity index (χ2v) is 2.87. The topological polar surface area (TPSA) is 61.3 Å². The number of halogens is 1. The summed E-state index contributed by atoms with van der Waals surface area (Å²) in [6.07, 6.45) is 1.29. The van der Waals surface area contributed by atoms with Crippen molar-refractivity contribution in [2.24, 2.45) is 0 Å². The molecule has 0 aliphatic heterocycles. The molecule has 1 aromatic rings. The average Bonchev–Trinajstić information content (AvgIpc) is 2.18. The van der Waals surface area contributed by atoms with Crippen molar-refractivity contribution in [3.05, 3.63) is 16.9 Å². The van der Waals surface area contributed by atoms with Crippen LogP contribution in [0.2, 0.25) is 5.15 Å². The largest absolute Gasteiger partial charge is 0.464 e. The first-order chi connectivity index (χ1) is 7.19. The van der Waals surface area contributed by atoms with Crippen LogP contribution in [0.5, 0.6) is 6.01 Å². The highest BCUT2D eigenvalue weighted by atomic mass is 35.5. The molecule has 6 heteroatoms. The zero-order chi connectivity index (χ0) is 11.3. The van der Waals surface area contributed by atoms with Crippen LogP contribution in [0.15, 0.2) is 6.20 Å². The SMILES string of the molecule is CCOC(=O)c1cnc(OCC)nc1Cl. The zero-order valence-corrected chi connectivity index (χ0v) is 9.24. The van der Waals surface area contributed by atoms with E-state index < -0.39 is 5.97 Å². The van der Waals surface area contributed by atoms with E-state index in [4.69, 9.17) is 21.1 Å². The number of rotatable bonds is 4. The van der Waals surface area contributed by atoms with E-state index >= 15 is 0 Å². The minimum absolute atomic E-state index is 0.0342. The lowest BCUT2D eigenvalue weighted by Crippen LogP contribution is -2.08. The number of hydrogen-bond acceptors (Lipinski definition) is 5. The summed E-state index contributed by atoms with van der Waals surface area (Å²) in [5, 5.41) is 0.0342. The standard InChI is InChI=1S/C9H11ClN2O3/c1-3-14-8(13)6-5-11-9(15-4-2)12-7(6)10/h5H,3-4H2,1-2H3. The summed E-state index contributed by atoms with van der Waals surface area (Å²) >= 11 is 5.76. The molecule has 0 amide bonds. The third-order valence-corrected chi connectivity index (χ3v) is 1.78. The van der Waals surface area contributed by atoms with E-state index in [2.05, 4.69) is 9.97 Å². The van der Waals surface area contributed by atoms with E-state index in [-0.39, 0.29) is 23.3 Å². The Kier molecular flexibility index (Phi) is 4.30. The van der Waals surface area contributed by atoms with Gasteiger partial charge in [0.2, 0.25) is 0 Å². The van der Waals surface area contributed by atoms with E-state index in [1.54, 1.807) is 13.8 Å². The van der Waals surface area contributed by atoms with Crippen molar-refractivity contribution in [2.45, 2.75) is 13.8 Å². The zero-order valence-electron chi connectivity index (χ0n) is 8.49. The van der Waals surface area contributed by atoms with Crippen molar-refractivity contribution >= 4 is 17.6 Å². The van der Waals surface area contributed by atoms with Crippen LogP contribution in [0.1, 0.15) is 24.2 Å². The van der Waals surface area contributed by atoms with E-state index in [0.29, 0.717) is 6.61 Å². The van der Waals surface area contributed by atoms with Crippen molar-refractivity contribution in [3.63, 3.8) is 0 Å². The van der Waals surface area contributed by atoms with E-state index in [9.17, 15) is 4.79 Å². The Balaban J connectivity index is 2.87. The molecule has 0 N–H and O–H groups in total. The molecule has 0 bridgehead atoms. The molecule has 1 aromatic heterocycles. The van der Waals surface area contributed by atoms with Gasteiger partial charge in [0.05, 0.1) is 19.4 Å². The molecule has 1 rings (SSSR count). The third-order valence-electron chi connectivity index (χ3n) is 1.49. The van der Waals surface area contributed by atoms with Crippen LogP contribution < -0.4 is 4.74 Å². The Hall–Kier alpha value is -1.36. The maximum absolute atomic E-state index is 11.3. The summed E-state index contributed by atoms with van der Waals surface area (Å²) in [5.41, 5.74) is 0.141. The molecule has 0 spiro atoms. The monoisotopic (exact) mass is 230 g/mol. The van der Waals surface area contributed by atoms with E-state index in [1.807, 2.05) is 0 Å². The molecule has 0 saturated heterocycles. The number of carbonyl (C=O) groups excluding carboxylic acids is 1. The van der Waals surface area contributed by atoms with Gasteiger partial charge >= 0.3 is 12.0 Å². The molecule has 0 fully saturated rings. The molecule has 1 heterocycles. The van der Waals surface area contributed by atoms with Crippen molar-refractivity contribution in [2.75, 3.05) is 13.2 Å². The summed E-state index contributed by atoms with van der Waals surface area (Å²) in [6.45, 7) is 4.23. The van der Waals surface area contributed by atoms with Crippen molar-refractivity contribution in [3.8, 4) is 6.01 Å². The van der Waals surface area contributed by atoms with Crippen LogP contribution in [0.3, 0.4) is 0 Å². The molecule has 82 valence electrons. The van der Waals surface area contributed by atoms with Gasteiger partial charge in [-0.25, -0.2) is 9.78 Å². The van der Waals surface area contributed by atoms with Gasteiger partial charge in [-0.1, -0.05) is 11.6 Å². The Labute approximate surface area is 92.4 Å². The molecule has 0 atom stereocenters. The van der Waals surface area contributed by atoms with Crippen LogP contribution in [-0.2, 0) is 4.74 Å². The van der Waals surface area contributed by atoms with Gasteiger partial charge in [-0.05, 0) is 13.8 Å². The predicted octanol–water partition coefficient (Wildman–Crippen LogP) is 1.71. The maximum atomic E-state index is 11.3. The molecule has 0 unspecified atom stereocenters. The lowest BCUT2D eigenvalue weighted by atomic mass is 10.3. The number of ether oxygens (including phenoxy) is 2. The Morgan fingerprint density at radius 3 is 2.73 bits per heavy atom. The fourth-order valence-electron chi connectivity index (χ4n) is 0.891. The molecule has 0 aromatic carbocycles. The van der Waals surface area contributed by atoms with Crippen LogP contribution in [0, 0.1) is 0 Å². The summed E-state index contributed by atoms with van der Waals surface area (Å²) in [5.74, 6) is -0.537. The summed E-state index contributed by atoms with van der Waals surface area (Å²) in [4.78, 5) is 18.9. The summed E-state index contributed by atoms with van der Waals surface area (Å²) in [7, 11) is 0.